The van der Waals surface area contributed by atoms with E-state index in [4.69, 9.17) is 16.3 Å². The largest absolute Gasteiger partial charge is 0.481 e. The van der Waals surface area contributed by atoms with E-state index in [-0.39, 0.29) is 6.10 Å². The first-order valence-electron chi connectivity index (χ1n) is 5.14. The van der Waals surface area contributed by atoms with Crippen molar-refractivity contribution in [1.29, 1.82) is 0 Å². The number of hydrogen-bond donors (Lipinski definition) is 1. The SMILES string of the molecule is CC1OCCC1(Cc1ccc(Cl)s1)C(=O)O. The van der Waals surface area contributed by atoms with E-state index in [1.54, 1.807) is 6.07 Å². The highest BCUT2D eigenvalue weighted by Crippen LogP contribution is 2.40. The zero-order valence-electron chi connectivity index (χ0n) is 8.90. The summed E-state index contributed by atoms with van der Waals surface area (Å²) in [6.07, 6.45) is 0.825. The minimum Gasteiger partial charge on any atom is -0.481 e. The van der Waals surface area contributed by atoms with Crippen molar-refractivity contribution < 1.29 is 14.6 Å². The minimum absolute atomic E-state index is 0.245. The Bertz CT molecular complexity index is 404. The average Bonchev–Trinajstić information content (AvgIpc) is 2.76. The number of rotatable bonds is 3. The third-order valence-electron chi connectivity index (χ3n) is 3.24. The van der Waals surface area contributed by atoms with Crippen molar-refractivity contribution in [1.82, 2.24) is 0 Å². The Kier molecular flexibility index (Phi) is 3.24. The normalized spacial score (nSPS) is 29.5. The summed E-state index contributed by atoms with van der Waals surface area (Å²) in [7, 11) is 0. The molecule has 2 atom stereocenters. The number of thiophene rings is 1. The Hall–Kier alpha value is -0.580. The van der Waals surface area contributed by atoms with E-state index in [9.17, 15) is 9.90 Å². The van der Waals surface area contributed by atoms with Gasteiger partial charge >= 0.3 is 5.97 Å². The van der Waals surface area contributed by atoms with Crippen molar-refractivity contribution in [2.45, 2.75) is 25.9 Å². The number of hydrogen-bond acceptors (Lipinski definition) is 3. The van der Waals surface area contributed by atoms with E-state index in [0.717, 1.165) is 4.88 Å². The molecule has 0 spiro atoms. The molecule has 0 amide bonds. The summed E-state index contributed by atoms with van der Waals surface area (Å²) in [5.41, 5.74) is -0.784. The fraction of sp³-hybridized carbons (Fsp3) is 0.545. The van der Waals surface area contributed by atoms with Crippen LogP contribution in [0, 0.1) is 5.41 Å². The van der Waals surface area contributed by atoms with Crippen molar-refractivity contribution in [2.24, 2.45) is 5.41 Å². The first-order valence-corrected chi connectivity index (χ1v) is 6.33. The van der Waals surface area contributed by atoms with Gasteiger partial charge in [-0.3, -0.25) is 4.79 Å². The van der Waals surface area contributed by atoms with Crippen molar-refractivity contribution in [3.63, 3.8) is 0 Å². The molecule has 0 radical (unpaired) electrons. The molecule has 5 heteroatoms. The Morgan fingerprint density at radius 3 is 2.94 bits per heavy atom. The van der Waals surface area contributed by atoms with E-state index >= 15 is 0 Å². The van der Waals surface area contributed by atoms with Gasteiger partial charge in [-0.15, -0.1) is 11.3 Å². The van der Waals surface area contributed by atoms with Crippen LogP contribution in [0.25, 0.3) is 0 Å². The molecular weight excluding hydrogens is 248 g/mol. The Morgan fingerprint density at radius 2 is 2.50 bits per heavy atom. The molecule has 2 rings (SSSR count). The fourth-order valence-corrected chi connectivity index (χ4v) is 3.34. The van der Waals surface area contributed by atoms with Crippen LogP contribution in [-0.2, 0) is 16.0 Å². The lowest BCUT2D eigenvalue weighted by Gasteiger charge is -2.26. The summed E-state index contributed by atoms with van der Waals surface area (Å²) in [6.45, 7) is 2.35. The van der Waals surface area contributed by atoms with Crippen LogP contribution < -0.4 is 0 Å². The van der Waals surface area contributed by atoms with Crippen molar-refractivity contribution >= 4 is 28.9 Å². The topological polar surface area (TPSA) is 46.5 Å². The molecule has 1 aromatic rings. The maximum atomic E-state index is 11.4. The smallest absolute Gasteiger partial charge is 0.312 e. The second kappa shape index (κ2) is 4.35. The molecule has 1 N–H and O–H groups in total. The van der Waals surface area contributed by atoms with Crippen LogP contribution in [0.4, 0.5) is 0 Å². The molecule has 1 aromatic heterocycles. The summed E-state index contributed by atoms with van der Waals surface area (Å²) < 4.78 is 6.10. The number of halogens is 1. The van der Waals surface area contributed by atoms with Gasteiger partial charge in [0.25, 0.3) is 0 Å². The molecule has 0 saturated carbocycles. The van der Waals surface area contributed by atoms with Gasteiger partial charge in [0.05, 0.1) is 10.4 Å². The third kappa shape index (κ3) is 1.97. The fourth-order valence-electron chi connectivity index (χ4n) is 2.13. The maximum absolute atomic E-state index is 11.4. The first kappa shape index (κ1) is 11.9. The van der Waals surface area contributed by atoms with Crippen LogP contribution in [0.5, 0.6) is 0 Å². The molecule has 2 unspecified atom stereocenters. The van der Waals surface area contributed by atoms with Gasteiger partial charge < -0.3 is 9.84 Å². The lowest BCUT2D eigenvalue weighted by Crippen LogP contribution is -2.39. The van der Waals surface area contributed by atoms with Gasteiger partial charge in [0.15, 0.2) is 0 Å². The van der Waals surface area contributed by atoms with Crippen LogP contribution >= 0.6 is 22.9 Å². The second-order valence-electron chi connectivity index (χ2n) is 4.11. The molecule has 1 saturated heterocycles. The predicted molar refractivity (Wildman–Crippen MR) is 63.1 cm³/mol. The number of carboxylic acid groups (broad SMARTS) is 1. The van der Waals surface area contributed by atoms with Crippen molar-refractivity contribution in [3.05, 3.63) is 21.3 Å². The third-order valence-corrected chi connectivity index (χ3v) is 4.47. The Balaban J connectivity index is 2.24. The average molecular weight is 261 g/mol. The first-order chi connectivity index (χ1) is 7.54. The molecular formula is C11H13ClO3S. The Morgan fingerprint density at radius 1 is 1.75 bits per heavy atom. The summed E-state index contributed by atoms with van der Waals surface area (Å²) in [5, 5.41) is 9.39. The van der Waals surface area contributed by atoms with E-state index in [2.05, 4.69) is 0 Å². The highest BCUT2D eigenvalue weighted by atomic mass is 35.5. The molecule has 1 aliphatic heterocycles. The lowest BCUT2D eigenvalue weighted by molar-refractivity contribution is -0.151. The summed E-state index contributed by atoms with van der Waals surface area (Å²) >= 11 is 7.29. The molecule has 0 bridgehead atoms. The standard InChI is InChI=1S/C11H13ClO3S/c1-7-11(10(13)14,4-5-15-7)6-8-2-3-9(12)16-8/h2-3,7H,4-6H2,1H3,(H,13,14). The summed E-state index contributed by atoms with van der Waals surface area (Å²) in [5.74, 6) is -0.776. The molecule has 0 aliphatic carbocycles. The van der Waals surface area contributed by atoms with Gasteiger partial charge in [-0.2, -0.15) is 0 Å². The van der Waals surface area contributed by atoms with Crippen molar-refractivity contribution in [3.8, 4) is 0 Å². The number of carboxylic acids is 1. The second-order valence-corrected chi connectivity index (χ2v) is 5.91. The molecule has 16 heavy (non-hydrogen) atoms. The molecule has 1 fully saturated rings. The number of ether oxygens (including phenoxy) is 1. The van der Waals surface area contributed by atoms with Crippen LogP contribution in [0.15, 0.2) is 12.1 Å². The lowest BCUT2D eigenvalue weighted by atomic mass is 9.78. The van der Waals surface area contributed by atoms with E-state index in [1.807, 2.05) is 13.0 Å². The van der Waals surface area contributed by atoms with Crippen LogP contribution in [-0.4, -0.2) is 23.8 Å². The van der Waals surface area contributed by atoms with Crippen molar-refractivity contribution in [2.75, 3.05) is 6.61 Å². The summed E-state index contributed by atoms with van der Waals surface area (Å²) in [6, 6.07) is 3.69. The highest BCUT2D eigenvalue weighted by molar-refractivity contribution is 7.16. The van der Waals surface area contributed by atoms with Crippen LogP contribution in [0.3, 0.4) is 0 Å². The van der Waals surface area contributed by atoms with Gasteiger partial charge in [-0.25, -0.2) is 0 Å². The minimum atomic E-state index is -0.784. The van der Waals surface area contributed by atoms with Gasteiger partial charge in [-0.05, 0) is 25.5 Å². The highest BCUT2D eigenvalue weighted by Gasteiger charge is 2.48. The van der Waals surface area contributed by atoms with Gasteiger partial charge in [0.1, 0.15) is 5.41 Å². The molecule has 1 aliphatic rings. The Labute approximate surface area is 103 Å². The van der Waals surface area contributed by atoms with E-state index < -0.39 is 11.4 Å². The molecule has 3 nitrogen and oxygen atoms in total. The van der Waals surface area contributed by atoms with Crippen LogP contribution in [0.2, 0.25) is 4.34 Å². The zero-order valence-corrected chi connectivity index (χ0v) is 10.5. The van der Waals surface area contributed by atoms with E-state index in [0.29, 0.717) is 23.8 Å². The van der Waals surface area contributed by atoms with Gasteiger partial charge in [0, 0.05) is 17.9 Å². The van der Waals surface area contributed by atoms with E-state index in [1.165, 1.54) is 11.3 Å². The number of aliphatic carboxylic acids is 1. The zero-order chi connectivity index (χ0) is 11.8. The molecule has 2 heterocycles. The maximum Gasteiger partial charge on any atom is 0.312 e. The van der Waals surface area contributed by atoms with Gasteiger partial charge in [-0.1, -0.05) is 11.6 Å². The molecule has 0 aromatic carbocycles. The molecule has 88 valence electrons. The monoisotopic (exact) mass is 260 g/mol. The predicted octanol–water partition coefficient (Wildman–Crippen LogP) is 2.82. The number of carbonyl (C=O) groups is 1. The van der Waals surface area contributed by atoms with Gasteiger partial charge in [0.2, 0.25) is 0 Å². The van der Waals surface area contributed by atoms with Crippen LogP contribution in [0.1, 0.15) is 18.2 Å². The summed E-state index contributed by atoms with van der Waals surface area (Å²) in [4.78, 5) is 12.4. The quantitative estimate of drug-likeness (QED) is 0.909.